The van der Waals surface area contributed by atoms with E-state index in [9.17, 15) is 10.4 Å². The molecule has 0 bridgehead atoms. The van der Waals surface area contributed by atoms with E-state index in [0.717, 1.165) is 16.9 Å². The van der Waals surface area contributed by atoms with Crippen molar-refractivity contribution < 1.29 is 5.11 Å². The molecule has 3 aromatic heterocycles. The lowest BCUT2D eigenvalue weighted by Crippen LogP contribution is -2.02. The number of nitriles is 1. The highest BCUT2D eigenvalue weighted by Gasteiger charge is 2.16. The minimum absolute atomic E-state index is 0.138. The number of aromatic hydroxyl groups is 1. The second kappa shape index (κ2) is 6.65. The van der Waals surface area contributed by atoms with Crippen LogP contribution in [0.15, 0.2) is 73.2 Å². The molecule has 1 aromatic carbocycles. The van der Waals surface area contributed by atoms with Crippen molar-refractivity contribution in [3.63, 3.8) is 0 Å². The first-order valence-electron chi connectivity index (χ1n) is 8.25. The molecule has 0 atom stereocenters. The molecule has 6 nitrogen and oxygen atoms in total. The smallest absolute Gasteiger partial charge is 0.142 e. The van der Waals surface area contributed by atoms with Crippen LogP contribution in [0.2, 0.25) is 0 Å². The van der Waals surface area contributed by atoms with Crippen LogP contribution in [0.25, 0.3) is 28.2 Å². The Morgan fingerprint density at radius 2 is 1.85 bits per heavy atom. The first-order chi connectivity index (χ1) is 13.2. The maximum absolute atomic E-state index is 9.77. The lowest BCUT2D eigenvalue weighted by atomic mass is 10.0. The molecular formula is C21H15N5O. The van der Waals surface area contributed by atoms with E-state index in [-0.39, 0.29) is 11.6 Å². The molecule has 0 aliphatic heterocycles. The molecule has 0 saturated carbocycles. The standard InChI is InChI=1S/C21H15N5O/c22-13-18-17(20-5-2-10-26(20)15-6-8-24-9-7-15)12-19(25-21(18)23)14-3-1-4-16(27)11-14/h1-12,27H,(H2,23,25). The van der Waals surface area contributed by atoms with Crippen molar-refractivity contribution in [1.29, 1.82) is 5.26 Å². The third kappa shape index (κ3) is 2.98. The maximum atomic E-state index is 9.77. The fraction of sp³-hybridized carbons (Fsp3) is 0. The average Bonchev–Trinajstić information content (AvgIpc) is 3.18. The predicted molar refractivity (Wildman–Crippen MR) is 103 cm³/mol. The number of nitrogens with two attached hydrogens (primary N) is 1. The second-order valence-corrected chi connectivity index (χ2v) is 5.95. The van der Waals surface area contributed by atoms with Crippen molar-refractivity contribution in [3.8, 4) is 40.0 Å². The van der Waals surface area contributed by atoms with E-state index in [1.54, 1.807) is 30.6 Å². The minimum Gasteiger partial charge on any atom is -0.508 e. The summed E-state index contributed by atoms with van der Waals surface area (Å²) in [7, 11) is 0. The molecule has 6 heteroatoms. The van der Waals surface area contributed by atoms with E-state index >= 15 is 0 Å². The number of phenols is 1. The first-order valence-corrected chi connectivity index (χ1v) is 8.25. The van der Waals surface area contributed by atoms with Crippen LogP contribution in [0.5, 0.6) is 5.75 Å². The van der Waals surface area contributed by atoms with E-state index in [1.165, 1.54) is 0 Å². The number of nitrogens with zero attached hydrogens (tertiary/aromatic N) is 4. The molecule has 130 valence electrons. The Bertz CT molecular complexity index is 1160. The van der Waals surface area contributed by atoms with Crippen LogP contribution in [-0.2, 0) is 0 Å². The van der Waals surface area contributed by atoms with Gasteiger partial charge in [0.05, 0.1) is 11.4 Å². The van der Waals surface area contributed by atoms with Gasteiger partial charge in [-0.1, -0.05) is 12.1 Å². The summed E-state index contributed by atoms with van der Waals surface area (Å²) in [4.78, 5) is 8.40. The summed E-state index contributed by atoms with van der Waals surface area (Å²) in [5.74, 6) is 0.287. The highest BCUT2D eigenvalue weighted by molar-refractivity contribution is 5.79. The maximum Gasteiger partial charge on any atom is 0.142 e. The molecule has 27 heavy (non-hydrogen) atoms. The number of rotatable bonds is 3. The molecule has 4 aromatic rings. The molecule has 3 N–H and O–H groups in total. The van der Waals surface area contributed by atoms with Crippen LogP contribution < -0.4 is 5.73 Å². The topological polar surface area (TPSA) is 101 Å². The van der Waals surface area contributed by atoms with Crippen LogP contribution >= 0.6 is 0 Å². The third-order valence-corrected chi connectivity index (χ3v) is 4.27. The molecular weight excluding hydrogens is 338 g/mol. The zero-order chi connectivity index (χ0) is 18.8. The summed E-state index contributed by atoms with van der Waals surface area (Å²) in [5.41, 5.74) is 10.1. The van der Waals surface area contributed by atoms with E-state index in [0.29, 0.717) is 16.8 Å². The van der Waals surface area contributed by atoms with Gasteiger partial charge in [-0.3, -0.25) is 4.98 Å². The number of phenolic OH excluding ortho intramolecular Hbond substituents is 1. The molecule has 0 aliphatic carbocycles. The van der Waals surface area contributed by atoms with Crippen molar-refractivity contribution >= 4 is 5.82 Å². The Morgan fingerprint density at radius 1 is 1.04 bits per heavy atom. The van der Waals surface area contributed by atoms with Gasteiger partial charge in [0, 0.05) is 35.4 Å². The largest absolute Gasteiger partial charge is 0.508 e. The van der Waals surface area contributed by atoms with Gasteiger partial charge in [0.1, 0.15) is 23.2 Å². The van der Waals surface area contributed by atoms with Crippen LogP contribution in [0, 0.1) is 11.3 Å². The summed E-state index contributed by atoms with van der Waals surface area (Å²) in [5, 5.41) is 19.4. The zero-order valence-electron chi connectivity index (χ0n) is 14.2. The third-order valence-electron chi connectivity index (χ3n) is 4.27. The predicted octanol–water partition coefficient (Wildman–Crippen LogP) is 3.76. The van der Waals surface area contributed by atoms with Gasteiger partial charge in [0.25, 0.3) is 0 Å². The van der Waals surface area contributed by atoms with Crippen LogP contribution in [-0.4, -0.2) is 19.6 Å². The Morgan fingerprint density at radius 3 is 2.59 bits per heavy atom. The number of hydrogen-bond donors (Lipinski definition) is 2. The van der Waals surface area contributed by atoms with Gasteiger partial charge in [-0.25, -0.2) is 4.98 Å². The lowest BCUT2D eigenvalue weighted by Gasteiger charge is -2.13. The SMILES string of the molecule is N#Cc1c(-c2cccn2-c2ccncc2)cc(-c2cccc(O)c2)nc1N. The molecule has 0 spiro atoms. The number of pyridine rings is 2. The van der Waals surface area contributed by atoms with Gasteiger partial charge in [-0.05, 0) is 42.5 Å². The highest BCUT2D eigenvalue weighted by Crippen LogP contribution is 2.33. The number of hydrogen-bond acceptors (Lipinski definition) is 5. The van der Waals surface area contributed by atoms with E-state index in [2.05, 4.69) is 16.0 Å². The quantitative estimate of drug-likeness (QED) is 0.584. The van der Waals surface area contributed by atoms with Crippen LogP contribution in [0.1, 0.15) is 5.56 Å². The molecule has 3 heterocycles. The average molecular weight is 353 g/mol. The van der Waals surface area contributed by atoms with Crippen molar-refractivity contribution in [2.24, 2.45) is 0 Å². The monoisotopic (exact) mass is 353 g/mol. The fourth-order valence-electron chi connectivity index (χ4n) is 3.03. The van der Waals surface area contributed by atoms with E-state index in [1.807, 2.05) is 47.2 Å². The molecule has 4 rings (SSSR count). The molecule has 0 aliphatic rings. The van der Waals surface area contributed by atoms with Gasteiger partial charge in [0.2, 0.25) is 0 Å². The fourth-order valence-corrected chi connectivity index (χ4v) is 3.03. The van der Waals surface area contributed by atoms with Crippen molar-refractivity contribution in [2.45, 2.75) is 0 Å². The van der Waals surface area contributed by atoms with E-state index in [4.69, 9.17) is 5.73 Å². The van der Waals surface area contributed by atoms with Gasteiger partial charge in [0.15, 0.2) is 0 Å². The van der Waals surface area contributed by atoms with Crippen LogP contribution in [0.4, 0.5) is 5.82 Å². The molecule has 0 radical (unpaired) electrons. The Balaban J connectivity index is 1.94. The van der Waals surface area contributed by atoms with E-state index < -0.39 is 0 Å². The summed E-state index contributed by atoms with van der Waals surface area (Å²) in [6.07, 6.45) is 5.34. The Hall–Kier alpha value is -4.11. The van der Waals surface area contributed by atoms with Gasteiger partial charge < -0.3 is 15.4 Å². The van der Waals surface area contributed by atoms with Crippen molar-refractivity contribution in [1.82, 2.24) is 14.5 Å². The summed E-state index contributed by atoms with van der Waals surface area (Å²) < 4.78 is 1.96. The Labute approximate surface area is 155 Å². The van der Waals surface area contributed by atoms with Crippen molar-refractivity contribution in [3.05, 3.63) is 78.8 Å². The van der Waals surface area contributed by atoms with Crippen molar-refractivity contribution in [2.75, 3.05) is 5.73 Å². The summed E-state index contributed by atoms with van der Waals surface area (Å²) in [6, 6.07) is 18.3. The first kappa shape index (κ1) is 16.4. The van der Waals surface area contributed by atoms with Crippen LogP contribution in [0.3, 0.4) is 0 Å². The molecule has 0 saturated heterocycles. The van der Waals surface area contributed by atoms with Gasteiger partial charge in [-0.15, -0.1) is 0 Å². The van der Waals surface area contributed by atoms with Gasteiger partial charge in [-0.2, -0.15) is 5.26 Å². The molecule has 0 unspecified atom stereocenters. The highest BCUT2D eigenvalue weighted by atomic mass is 16.3. The second-order valence-electron chi connectivity index (χ2n) is 5.95. The number of benzene rings is 1. The summed E-state index contributed by atoms with van der Waals surface area (Å²) >= 11 is 0. The zero-order valence-corrected chi connectivity index (χ0v) is 14.2. The number of nitrogen functional groups attached to an aromatic ring is 1. The van der Waals surface area contributed by atoms with Gasteiger partial charge >= 0.3 is 0 Å². The molecule has 0 fully saturated rings. The number of aromatic nitrogens is 3. The summed E-state index contributed by atoms with van der Waals surface area (Å²) in [6.45, 7) is 0. The number of anilines is 1. The Kier molecular flexibility index (Phi) is 4.03. The minimum atomic E-state index is 0.138. The normalized spacial score (nSPS) is 10.5. The lowest BCUT2D eigenvalue weighted by molar-refractivity contribution is 0.475. The molecule has 0 amide bonds.